The van der Waals surface area contributed by atoms with Crippen LogP contribution in [0.4, 0.5) is 0 Å². The summed E-state index contributed by atoms with van der Waals surface area (Å²) in [4.78, 5) is 16.8. The monoisotopic (exact) mass is 401 g/mol. The molecule has 0 aliphatic carbocycles. The number of fused-ring (bicyclic) bond motifs is 1. The van der Waals surface area contributed by atoms with Gasteiger partial charge in [0.2, 0.25) is 0 Å². The van der Waals surface area contributed by atoms with E-state index in [1.807, 2.05) is 44.3 Å². The molecular weight excluding hydrogens is 370 g/mol. The number of hydrogen-bond donors (Lipinski definition) is 0. The van der Waals surface area contributed by atoms with E-state index in [-0.39, 0.29) is 23.4 Å². The van der Waals surface area contributed by atoms with E-state index >= 15 is 0 Å². The molecule has 3 rings (SSSR count). The Bertz CT molecular complexity index is 1030. The highest BCUT2D eigenvalue weighted by atomic mass is 16.5. The average Bonchev–Trinajstić information content (AvgIpc) is 2.70. The third-order valence-corrected chi connectivity index (χ3v) is 5.04. The number of hydrogen-bond acceptors (Lipinski definition) is 3. The predicted octanol–water partition coefficient (Wildman–Crippen LogP) is 6.67. The lowest BCUT2D eigenvalue weighted by atomic mass is 9.85. The van der Waals surface area contributed by atoms with Gasteiger partial charge in [-0.2, -0.15) is 0 Å². The van der Waals surface area contributed by atoms with Crippen molar-refractivity contribution < 1.29 is 9.53 Å². The molecule has 3 nitrogen and oxygen atoms in total. The minimum Gasteiger partial charge on any atom is -0.458 e. The van der Waals surface area contributed by atoms with Crippen LogP contribution in [0.1, 0.15) is 52.2 Å². The maximum atomic E-state index is 12.5. The molecule has 0 amide bonds. The summed E-state index contributed by atoms with van der Waals surface area (Å²) in [5, 5.41) is 2.37. The summed E-state index contributed by atoms with van der Waals surface area (Å²) in [7, 11) is 0. The van der Waals surface area contributed by atoms with Crippen LogP contribution in [0.3, 0.4) is 0 Å². The largest absolute Gasteiger partial charge is 0.458 e. The van der Waals surface area contributed by atoms with Gasteiger partial charge in [0.15, 0.2) is 0 Å². The van der Waals surface area contributed by atoms with Crippen molar-refractivity contribution in [2.45, 2.75) is 47.1 Å². The predicted molar refractivity (Wildman–Crippen MR) is 124 cm³/mol. The van der Waals surface area contributed by atoms with Crippen molar-refractivity contribution in [2.24, 2.45) is 11.3 Å². The fourth-order valence-corrected chi connectivity index (χ4v) is 3.37. The van der Waals surface area contributed by atoms with E-state index in [0.29, 0.717) is 6.42 Å². The number of ether oxygens (including phenoxy) is 1. The summed E-state index contributed by atoms with van der Waals surface area (Å²) >= 11 is 0. The maximum absolute atomic E-state index is 12.5. The molecule has 0 aliphatic rings. The lowest BCUT2D eigenvalue weighted by molar-refractivity contribution is -0.152. The molecule has 0 fully saturated rings. The summed E-state index contributed by atoms with van der Waals surface area (Å²) in [5.41, 5.74) is 2.86. The molecular formula is C27H31NO2. The van der Waals surface area contributed by atoms with Gasteiger partial charge in [0.1, 0.15) is 6.10 Å². The van der Waals surface area contributed by atoms with Gasteiger partial charge in [-0.15, -0.1) is 0 Å². The molecule has 1 heterocycles. The normalized spacial score (nSPS) is 13.5. The number of nitrogens with zero attached hydrogens (tertiary/aromatic N) is 1. The zero-order chi connectivity index (χ0) is 21.7. The standard InChI is InChI=1S/C27H31NO2/c1-19(2)15-26(29)30-25(27(3,4)5)17-24(23-11-8-14-28-18-23)22-13-12-20-9-6-7-10-21(20)16-22/h6-14,16-19,25H,15H2,1-5H3. The van der Waals surface area contributed by atoms with Gasteiger partial charge in [-0.25, -0.2) is 0 Å². The van der Waals surface area contributed by atoms with Crippen molar-refractivity contribution in [1.29, 1.82) is 0 Å². The third-order valence-electron chi connectivity index (χ3n) is 5.04. The Hall–Kier alpha value is -2.94. The second kappa shape index (κ2) is 9.25. The number of aromatic nitrogens is 1. The summed E-state index contributed by atoms with van der Waals surface area (Å²) in [6.07, 6.45) is 5.77. The van der Waals surface area contributed by atoms with Crippen LogP contribution < -0.4 is 0 Å². The molecule has 3 heteroatoms. The first-order chi connectivity index (χ1) is 14.2. The van der Waals surface area contributed by atoms with Crippen molar-refractivity contribution in [3.05, 3.63) is 84.2 Å². The molecule has 1 atom stereocenters. The molecule has 0 bridgehead atoms. The second-order valence-corrected chi connectivity index (χ2v) is 9.26. The number of carbonyl (C=O) groups is 1. The topological polar surface area (TPSA) is 39.2 Å². The molecule has 0 spiro atoms. The van der Waals surface area contributed by atoms with Crippen molar-refractivity contribution in [3.8, 4) is 0 Å². The lowest BCUT2D eigenvalue weighted by Crippen LogP contribution is -2.30. The number of benzene rings is 2. The summed E-state index contributed by atoms with van der Waals surface area (Å²) < 4.78 is 5.95. The van der Waals surface area contributed by atoms with Crippen molar-refractivity contribution in [2.75, 3.05) is 0 Å². The number of esters is 1. The van der Waals surface area contributed by atoms with E-state index in [0.717, 1.165) is 16.7 Å². The first-order valence-electron chi connectivity index (χ1n) is 10.5. The summed E-state index contributed by atoms with van der Waals surface area (Å²) in [6, 6.07) is 18.7. The highest BCUT2D eigenvalue weighted by Crippen LogP contribution is 2.32. The minimum atomic E-state index is -0.356. The van der Waals surface area contributed by atoms with Gasteiger partial charge in [0.25, 0.3) is 0 Å². The molecule has 2 aromatic carbocycles. The molecule has 156 valence electrons. The van der Waals surface area contributed by atoms with Crippen LogP contribution in [-0.4, -0.2) is 17.1 Å². The summed E-state index contributed by atoms with van der Waals surface area (Å²) in [6.45, 7) is 10.3. The highest BCUT2D eigenvalue weighted by Gasteiger charge is 2.28. The smallest absolute Gasteiger partial charge is 0.306 e. The Balaban J connectivity index is 2.09. The zero-order valence-corrected chi connectivity index (χ0v) is 18.6. The molecule has 0 saturated heterocycles. The van der Waals surface area contributed by atoms with E-state index < -0.39 is 0 Å². The molecule has 0 saturated carbocycles. The van der Waals surface area contributed by atoms with Gasteiger partial charge in [0.05, 0.1) is 0 Å². The summed E-state index contributed by atoms with van der Waals surface area (Å²) in [5.74, 6) is 0.102. The highest BCUT2D eigenvalue weighted by molar-refractivity contribution is 5.89. The van der Waals surface area contributed by atoms with Gasteiger partial charge in [0, 0.05) is 29.8 Å². The molecule has 1 aromatic heterocycles. The molecule has 0 N–H and O–H groups in total. The van der Waals surface area contributed by atoms with Gasteiger partial charge >= 0.3 is 5.97 Å². The SMILES string of the molecule is CC(C)CC(=O)OC(C=C(c1cccnc1)c1ccc2ccccc2c1)C(C)(C)C. The molecule has 0 aliphatic heterocycles. The van der Waals surface area contributed by atoms with Crippen LogP contribution in [0.25, 0.3) is 16.3 Å². The number of pyridine rings is 1. The van der Waals surface area contributed by atoms with Crippen LogP contribution in [0, 0.1) is 11.3 Å². The van der Waals surface area contributed by atoms with Crippen molar-refractivity contribution in [3.63, 3.8) is 0 Å². The van der Waals surface area contributed by atoms with Crippen LogP contribution in [0.2, 0.25) is 0 Å². The Kier molecular flexibility index (Phi) is 6.71. The van der Waals surface area contributed by atoms with Gasteiger partial charge in [-0.05, 0) is 46.0 Å². The van der Waals surface area contributed by atoms with Crippen LogP contribution >= 0.6 is 0 Å². The van der Waals surface area contributed by atoms with Gasteiger partial charge in [-0.1, -0.05) is 77.1 Å². The third kappa shape index (κ3) is 5.56. The molecule has 0 radical (unpaired) electrons. The Labute approximate surface area is 179 Å². The van der Waals surface area contributed by atoms with Crippen LogP contribution in [-0.2, 0) is 9.53 Å². The zero-order valence-electron chi connectivity index (χ0n) is 18.6. The second-order valence-electron chi connectivity index (χ2n) is 9.26. The van der Waals surface area contributed by atoms with E-state index in [4.69, 9.17) is 4.74 Å². The first-order valence-corrected chi connectivity index (χ1v) is 10.5. The van der Waals surface area contributed by atoms with Crippen molar-refractivity contribution in [1.82, 2.24) is 4.98 Å². The Morgan fingerprint density at radius 2 is 1.73 bits per heavy atom. The van der Waals surface area contributed by atoms with E-state index in [1.165, 1.54) is 10.8 Å². The fraction of sp³-hybridized carbons (Fsp3) is 0.333. The van der Waals surface area contributed by atoms with Gasteiger partial charge < -0.3 is 4.74 Å². The van der Waals surface area contributed by atoms with Crippen molar-refractivity contribution >= 4 is 22.3 Å². The van der Waals surface area contributed by atoms with E-state index in [9.17, 15) is 4.79 Å². The van der Waals surface area contributed by atoms with Crippen LogP contribution in [0.15, 0.2) is 73.1 Å². The maximum Gasteiger partial charge on any atom is 0.306 e. The van der Waals surface area contributed by atoms with Crippen LogP contribution in [0.5, 0.6) is 0 Å². The number of rotatable bonds is 6. The minimum absolute atomic E-state index is 0.162. The van der Waals surface area contributed by atoms with E-state index in [2.05, 4.69) is 62.2 Å². The molecule has 1 unspecified atom stereocenters. The number of carbonyl (C=O) groups excluding carboxylic acids is 1. The average molecular weight is 402 g/mol. The quantitative estimate of drug-likeness (QED) is 0.433. The Morgan fingerprint density at radius 3 is 2.37 bits per heavy atom. The lowest BCUT2D eigenvalue weighted by Gasteiger charge is -2.29. The molecule has 30 heavy (non-hydrogen) atoms. The fourth-order valence-electron chi connectivity index (χ4n) is 3.37. The van der Waals surface area contributed by atoms with Gasteiger partial charge in [-0.3, -0.25) is 9.78 Å². The Morgan fingerprint density at radius 1 is 1.00 bits per heavy atom. The molecule has 3 aromatic rings. The van der Waals surface area contributed by atoms with E-state index in [1.54, 1.807) is 6.20 Å². The first kappa shape index (κ1) is 21.8.